The van der Waals surface area contributed by atoms with Gasteiger partial charge in [0, 0.05) is 29.0 Å². The zero-order valence-corrected chi connectivity index (χ0v) is 20.0. The molecule has 5 rings (SSSR count). The Bertz CT molecular complexity index is 1260. The van der Waals surface area contributed by atoms with Gasteiger partial charge in [-0.2, -0.15) is 0 Å². The minimum atomic E-state index is -0.0470. The highest BCUT2D eigenvalue weighted by atomic mass is 32.1. The maximum absolute atomic E-state index is 5.89. The molecule has 33 heavy (non-hydrogen) atoms. The number of hydrogen-bond donors (Lipinski definition) is 1. The summed E-state index contributed by atoms with van der Waals surface area (Å²) in [5, 5.41) is 4.30. The number of thiocarbonyl (C=S) groups is 1. The van der Waals surface area contributed by atoms with E-state index in [0.717, 1.165) is 22.9 Å². The monoisotopic (exact) mass is 452 g/mol. The van der Waals surface area contributed by atoms with E-state index in [1.807, 2.05) is 18.3 Å². The smallest absolute Gasteiger partial charge is 0.174 e. The van der Waals surface area contributed by atoms with Crippen LogP contribution in [-0.2, 0) is 6.42 Å². The quantitative estimate of drug-likeness (QED) is 0.364. The summed E-state index contributed by atoms with van der Waals surface area (Å²) >= 11 is 5.89. The fourth-order valence-corrected chi connectivity index (χ4v) is 5.25. The number of pyridine rings is 1. The summed E-state index contributed by atoms with van der Waals surface area (Å²) in [6, 6.07) is 27.6. The third-order valence-corrected chi connectivity index (χ3v) is 6.84. The third kappa shape index (κ3) is 3.83. The van der Waals surface area contributed by atoms with Crippen LogP contribution in [0.1, 0.15) is 47.2 Å². The van der Waals surface area contributed by atoms with Crippen LogP contribution >= 0.6 is 12.2 Å². The molecule has 2 aromatic heterocycles. The molecule has 1 N–H and O–H groups in total. The predicted octanol–water partition coefficient (Wildman–Crippen LogP) is 6.23. The molecule has 0 spiro atoms. The van der Waals surface area contributed by atoms with Crippen LogP contribution in [0.3, 0.4) is 0 Å². The second kappa shape index (κ2) is 8.83. The molecule has 166 valence electrons. The highest BCUT2D eigenvalue weighted by molar-refractivity contribution is 7.80. The summed E-state index contributed by atoms with van der Waals surface area (Å²) in [7, 11) is 0. The number of hydrogen-bond acceptors (Lipinski definition) is 2. The molecule has 4 nitrogen and oxygen atoms in total. The van der Waals surface area contributed by atoms with Gasteiger partial charge in [0.2, 0.25) is 0 Å². The Hall–Kier alpha value is -3.44. The first kappa shape index (κ1) is 21.4. The first-order valence-corrected chi connectivity index (χ1v) is 11.8. The first-order chi connectivity index (χ1) is 16.1. The lowest BCUT2D eigenvalue weighted by molar-refractivity contribution is 0.565. The van der Waals surface area contributed by atoms with Gasteiger partial charge in [-0.25, -0.2) is 0 Å². The van der Waals surface area contributed by atoms with Gasteiger partial charge in [0.05, 0.1) is 17.8 Å². The van der Waals surface area contributed by atoms with Crippen molar-refractivity contribution in [2.24, 2.45) is 0 Å². The van der Waals surface area contributed by atoms with E-state index in [0.29, 0.717) is 0 Å². The molecule has 2 atom stereocenters. The van der Waals surface area contributed by atoms with Crippen LogP contribution in [0.5, 0.6) is 0 Å². The Morgan fingerprint density at radius 2 is 1.64 bits per heavy atom. The van der Waals surface area contributed by atoms with Gasteiger partial charge < -0.3 is 14.8 Å². The minimum Gasteiger partial charge on any atom is -0.351 e. The highest BCUT2D eigenvalue weighted by Crippen LogP contribution is 2.43. The normalized spacial score (nSPS) is 17.9. The number of aryl methyl sites for hydroxylation is 2. The largest absolute Gasteiger partial charge is 0.351 e. The topological polar surface area (TPSA) is 33.1 Å². The molecule has 0 bridgehead atoms. The number of nitrogens with zero attached hydrogens (tertiary/aromatic N) is 3. The molecular formula is C28H28N4S. The first-order valence-electron chi connectivity index (χ1n) is 11.4. The van der Waals surface area contributed by atoms with E-state index >= 15 is 0 Å². The maximum Gasteiger partial charge on any atom is 0.174 e. The standard InChI is InChI=1S/C28H28N4S/c1-4-21-13-15-23(16-14-21)32-27(26(30-28(32)33)25-12-8-9-17-29-25)24-18-19(2)31(20(24)3)22-10-6-5-7-11-22/h5-18,26-27H,4H2,1-3H3,(H,30,33)/t26-,27+/m0/s1. The molecule has 0 radical (unpaired) electrons. The Balaban J connectivity index is 1.66. The van der Waals surface area contributed by atoms with E-state index in [2.05, 4.69) is 107 Å². The molecule has 5 heteroatoms. The van der Waals surface area contributed by atoms with Crippen LogP contribution in [0.25, 0.3) is 5.69 Å². The van der Waals surface area contributed by atoms with Crippen LogP contribution in [0.2, 0.25) is 0 Å². The number of benzene rings is 2. The van der Waals surface area contributed by atoms with Gasteiger partial charge in [-0.05, 0) is 86.1 Å². The Morgan fingerprint density at radius 1 is 0.909 bits per heavy atom. The van der Waals surface area contributed by atoms with Gasteiger partial charge in [0.25, 0.3) is 0 Å². The zero-order chi connectivity index (χ0) is 22.9. The SMILES string of the molecule is CCc1ccc(N2C(=S)N[C@@H](c3ccccn3)[C@H]2c2cc(C)n(-c3ccccc3)c2C)cc1. The van der Waals surface area contributed by atoms with Crippen molar-refractivity contribution in [3.8, 4) is 5.69 Å². The lowest BCUT2D eigenvalue weighted by atomic mass is 9.96. The zero-order valence-electron chi connectivity index (χ0n) is 19.2. The van der Waals surface area contributed by atoms with Crippen LogP contribution in [-0.4, -0.2) is 14.7 Å². The van der Waals surface area contributed by atoms with Crippen LogP contribution in [0.15, 0.2) is 85.1 Å². The molecule has 1 aliphatic rings. The summed E-state index contributed by atoms with van der Waals surface area (Å²) in [5.41, 5.74) is 8.23. The molecule has 1 saturated heterocycles. The van der Waals surface area contributed by atoms with Gasteiger partial charge >= 0.3 is 0 Å². The van der Waals surface area contributed by atoms with Gasteiger partial charge in [-0.1, -0.05) is 43.3 Å². The van der Waals surface area contributed by atoms with Crippen molar-refractivity contribution in [1.29, 1.82) is 0 Å². The van der Waals surface area contributed by atoms with Crippen molar-refractivity contribution < 1.29 is 0 Å². The van der Waals surface area contributed by atoms with Crippen molar-refractivity contribution in [2.75, 3.05) is 4.90 Å². The number of anilines is 1. The van der Waals surface area contributed by atoms with Crippen molar-refractivity contribution in [3.05, 3.63) is 113 Å². The van der Waals surface area contributed by atoms with Crippen LogP contribution < -0.4 is 10.2 Å². The Labute approximate surface area is 200 Å². The summed E-state index contributed by atoms with van der Waals surface area (Å²) < 4.78 is 2.32. The molecule has 0 unspecified atom stereocenters. The van der Waals surface area contributed by atoms with Gasteiger partial charge in [-0.3, -0.25) is 4.98 Å². The number of para-hydroxylation sites is 1. The van der Waals surface area contributed by atoms with Crippen LogP contribution in [0, 0.1) is 13.8 Å². The molecular weight excluding hydrogens is 424 g/mol. The van der Waals surface area contributed by atoms with Crippen LogP contribution in [0.4, 0.5) is 5.69 Å². The molecule has 1 fully saturated rings. The molecule has 1 aliphatic heterocycles. The summed E-state index contributed by atoms with van der Waals surface area (Å²) in [6.45, 7) is 6.54. The number of nitrogens with one attached hydrogen (secondary N) is 1. The van der Waals surface area contributed by atoms with Gasteiger partial charge in [0.15, 0.2) is 5.11 Å². The van der Waals surface area contributed by atoms with Crippen molar-refractivity contribution >= 4 is 23.0 Å². The summed E-state index contributed by atoms with van der Waals surface area (Å²) in [4.78, 5) is 6.94. The maximum atomic E-state index is 5.89. The van der Waals surface area contributed by atoms with Crippen molar-refractivity contribution in [1.82, 2.24) is 14.9 Å². The van der Waals surface area contributed by atoms with Gasteiger partial charge in [0.1, 0.15) is 0 Å². The Morgan fingerprint density at radius 3 is 2.30 bits per heavy atom. The molecule has 4 aromatic rings. The van der Waals surface area contributed by atoms with E-state index in [9.17, 15) is 0 Å². The van der Waals surface area contributed by atoms with Crippen molar-refractivity contribution in [3.63, 3.8) is 0 Å². The number of rotatable bonds is 5. The number of aromatic nitrogens is 2. The van der Waals surface area contributed by atoms with E-state index in [-0.39, 0.29) is 12.1 Å². The average molecular weight is 453 g/mol. The average Bonchev–Trinajstić information content (AvgIpc) is 3.35. The molecule has 3 heterocycles. The minimum absolute atomic E-state index is 0.0106. The van der Waals surface area contributed by atoms with E-state index in [4.69, 9.17) is 12.2 Å². The van der Waals surface area contributed by atoms with E-state index in [1.54, 1.807) is 0 Å². The lowest BCUT2D eigenvalue weighted by Gasteiger charge is -2.28. The molecule has 0 amide bonds. The fraction of sp³-hybridized carbons (Fsp3) is 0.214. The predicted molar refractivity (Wildman–Crippen MR) is 139 cm³/mol. The molecule has 0 aliphatic carbocycles. The molecule has 0 saturated carbocycles. The third-order valence-electron chi connectivity index (χ3n) is 6.52. The second-order valence-corrected chi connectivity index (χ2v) is 8.90. The summed E-state index contributed by atoms with van der Waals surface area (Å²) in [5.74, 6) is 0. The van der Waals surface area contributed by atoms with E-state index < -0.39 is 0 Å². The fourth-order valence-electron chi connectivity index (χ4n) is 4.90. The van der Waals surface area contributed by atoms with Crippen molar-refractivity contribution in [2.45, 2.75) is 39.3 Å². The van der Waals surface area contributed by atoms with E-state index in [1.165, 1.54) is 28.2 Å². The highest BCUT2D eigenvalue weighted by Gasteiger charge is 2.42. The lowest BCUT2D eigenvalue weighted by Crippen LogP contribution is -2.29. The Kier molecular flexibility index (Phi) is 5.73. The summed E-state index contributed by atoms with van der Waals surface area (Å²) in [6.07, 6.45) is 2.87. The van der Waals surface area contributed by atoms with Gasteiger partial charge in [-0.15, -0.1) is 0 Å². The molecule has 2 aromatic carbocycles. The second-order valence-electron chi connectivity index (χ2n) is 8.51.